The molecule has 1 aliphatic carbocycles. The van der Waals surface area contributed by atoms with Gasteiger partial charge in [0.15, 0.2) is 0 Å². The number of benzene rings is 1. The number of rotatable bonds is 5. The van der Waals surface area contributed by atoms with Crippen LogP contribution in [0.2, 0.25) is 5.02 Å². The van der Waals surface area contributed by atoms with Gasteiger partial charge in [-0.05, 0) is 30.0 Å². The van der Waals surface area contributed by atoms with Gasteiger partial charge in [0.05, 0.1) is 11.6 Å². The normalized spacial score (nSPS) is 15.3. The van der Waals surface area contributed by atoms with Crippen LogP contribution in [0.4, 0.5) is 0 Å². The quantitative estimate of drug-likeness (QED) is 0.729. The van der Waals surface area contributed by atoms with Crippen LogP contribution in [-0.4, -0.2) is 6.61 Å². The third kappa shape index (κ3) is 3.39. The second-order valence-corrected chi connectivity index (χ2v) is 4.95. The Labute approximate surface area is 104 Å². The predicted octanol–water partition coefficient (Wildman–Crippen LogP) is 4.41. The molecule has 0 atom stereocenters. The first-order valence-corrected chi connectivity index (χ1v) is 6.76. The van der Waals surface area contributed by atoms with Crippen molar-refractivity contribution in [2.75, 3.05) is 6.61 Å². The van der Waals surface area contributed by atoms with E-state index in [-0.39, 0.29) is 0 Å². The molecule has 0 unspecified atom stereocenters. The van der Waals surface area contributed by atoms with Gasteiger partial charge in [0, 0.05) is 5.33 Å². The molecule has 82 valence electrons. The highest BCUT2D eigenvalue weighted by atomic mass is 79.9. The first-order chi connectivity index (χ1) is 7.29. The van der Waals surface area contributed by atoms with E-state index >= 15 is 0 Å². The van der Waals surface area contributed by atoms with Crippen molar-refractivity contribution in [3.63, 3.8) is 0 Å². The van der Waals surface area contributed by atoms with Gasteiger partial charge in [0.2, 0.25) is 0 Å². The molecule has 0 bridgehead atoms. The van der Waals surface area contributed by atoms with Crippen LogP contribution in [0, 0.1) is 5.92 Å². The molecule has 0 N–H and O–H groups in total. The second kappa shape index (κ2) is 5.22. The largest absolute Gasteiger partial charge is 0.492 e. The van der Waals surface area contributed by atoms with E-state index in [4.69, 9.17) is 16.3 Å². The van der Waals surface area contributed by atoms with Crippen molar-refractivity contribution in [1.29, 1.82) is 0 Å². The van der Waals surface area contributed by atoms with Crippen LogP contribution >= 0.6 is 27.5 Å². The fraction of sp³-hybridized carbons (Fsp3) is 0.500. The molecular formula is C12H14BrClO. The maximum atomic E-state index is 6.09. The molecule has 0 aromatic heterocycles. The molecule has 15 heavy (non-hydrogen) atoms. The zero-order chi connectivity index (χ0) is 10.7. The highest BCUT2D eigenvalue weighted by molar-refractivity contribution is 9.08. The fourth-order valence-corrected chi connectivity index (χ4v) is 2.09. The van der Waals surface area contributed by atoms with Gasteiger partial charge >= 0.3 is 0 Å². The van der Waals surface area contributed by atoms with Gasteiger partial charge in [0.1, 0.15) is 5.75 Å². The Balaban J connectivity index is 1.88. The third-order valence-electron chi connectivity index (χ3n) is 2.63. The minimum atomic E-state index is 0.711. The average molecular weight is 290 g/mol. The van der Waals surface area contributed by atoms with Gasteiger partial charge in [-0.15, -0.1) is 0 Å². The standard InChI is InChI=1S/C12H14BrClO/c13-8-10-3-4-12(11(14)7-10)15-6-5-9-1-2-9/h3-4,7,9H,1-2,5-6,8H2. The molecule has 0 radical (unpaired) electrons. The molecule has 1 fully saturated rings. The van der Waals surface area contributed by atoms with Gasteiger partial charge < -0.3 is 4.74 Å². The van der Waals surface area contributed by atoms with E-state index in [9.17, 15) is 0 Å². The minimum absolute atomic E-state index is 0.711. The minimum Gasteiger partial charge on any atom is -0.492 e. The summed E-state index contributed by atoms with van der Waals surface area (Å²) in [6, 6.07) is 5.93. The molecule has 1 aromatic rings. The monoisotopic (exact) mass is 288 g/mol. The van der Waals surface area contributed by atoms with Crippen LogP contribution in [0.3, 0.4) is 0 Å². The lowest BCUT2D eigenvalue weighted by molar-refractivity contribution is 0.302. The van der Waals surface area contributed by atoms with Crippen LogP contribution in [-0.2, 0) is 5.33 Å². The Hall–Kier alpha value is -0.210. The Kier molecular flexibility index (Phi) is 3.92. The maximum absolute atomic E-state index is 6.09. The number of halogens is 2. The summed E-state index contributed by atoms with van der Waals surface area (Å²) >= 11 is 9.49. The summed E-state index contributed by atoms with van der Waals surface area (Å²) in [6.45, 7) is 0.790. The molecule has 1 aliphatic rings. The van der Waals surface area contributed by atoms with Crippen LogP contribution in [0.5, 0.6) is 5.75 Å². The Morgan fingerprint density at radius 2 is 2.20 bits per heavy atom. The Bertz CT molecular complexity index is 336. The molecule has 0 aliphatic heterocycles. The van der Waals surface area contributed by atoms with Crippen molar-refractivity contribution in [2.45, 2.75) is 24.6 Å². The predicted molar refractivity (Wildman–Crippen MR) is 66.9 cm³/mol. The van der Waals surface area contributed by atoms with Crippen molar-refractivity contribution >= 4 is 27.5 Å². The molecule has 0 spiro atoms. The average Bonchev–Trinajstić information content (AvgIpc) is 3.04. The van der Waals surface area contributed by atoms with Gasteiger partial charge in [-0.3, -0.25) is 0 Å². The summed E-state index contributed by atoms with van der Waals surface area (Å²) in [4.78, 5) is 0. The molecule has 1 saturated carbocycles. The smallest absolute Gasteiger partial charge is 0.137 e. The van der Waals surface area contributed by atoms with Crippen molar-refractivity contribution in [3.05, 3.63) is 28.8 Å². The summed E-state index contributed by atoms with van der Waals surface area (Å²) in [6.07, 6.45) is 3.91. The molecular weight excluding hydrogens is 275 g/mol. The molecule has 2 rings (SSSR count). The van der Waals surface area contributed by atoms with E-state index in [0.717, 1.165) is 30.0 Å². The lowest BCUT2D eigenvalue weighted by Gasteiger charge is -2.08. The van der Waals surface area contributed by atoms with Gasteiger partial charge in [-0.2, -0.15) is 0 Å². The van der Waals surface area contributed by atoms with Gasteiger partial charge in [-0.25, -0.2) is 0 Å². The lowest BCUT2D eigenvalue weighted by Crippen LogP contribution is -1.98. The van der Waals surface area contributed by atoms with Gasteiger partial charge in [-0.1, -0.05) is 46.4 Å². The summed E-state index contributed by atoms with van der Waals surface area (Å²) < 4.78 is 5.64. The third-order valence-corrected chi connectivity index (χ3v) is 3.57. The number of hydrogen-bond acceptors (Lipinski definition) is 1. The fourth-order valence-electron chi connectivity index (χ4n) is 1.49. The maximum Gasteiger partial charge on any atom is 0.137 e. The van der Waals surface area contributed by atoms with E-state index in [1.165, 1.54) is 18.4 Å². The van der Waals surface area contributed by atoms with Crippen molar-refractivity contribution in [2.24, 2.45) is 5.92 Å². The number of hydrogen-bond donors (Lipinski definition) is 0. The first kappa shape index (κ1) is 11.3. The molecule has 1 aromatic carbocycles. The summed E-state index contributed by atoms with van der Waals surface area (Å²) in [5.41, 5.74) is 1.18. The Morgan fingerprint density at radius 1 is 1.40 bits per heavy atom. The van der Waals surface area contributed by atoms with E-state index in [1.54, 1.807) is 0 Å². The molecule has 0 amide bonds. The highest BCUT2D eigenvalue weighted by Crippen LogP contribution is 2.33. The SMILES string of the molecule is Clc1cc(CBr)ccc1OCCC1CC1. The zero-order valence-corrected chi connectivity index (χ0v) is 10.9. The second-order valence-electron chi connectivity index (χ2n) is 3.98. The van der Waals surface area contributed by atoms with Crippen molar-refractivity contribution < 1.29 is 4.74 Å². The lowest BCUT2D eigenvalue weighted by atomic mass is 10.2. The topological polar surface area (TPSA) is 9.23 Å². The van der Waals surface area contributed by atoms with E-state index in [2.05, 4.69) is 15.9 Å². The summed E-state index contributed by atoms with van der Waals surface area (Å²) in [5, 5.41) is 1.54. The summed E-state index contributed by atoms with van der Waals surface area (Å²) in [5.74, 6) is 1.72. The first-order valence-electron chi connectivity index (χ1n) is 5.27. The van der Waals surface area contributed by atoms with E-state index in [1.807, 2.05) is 18.2 Å². The number of alkyl halides is 1. The molecule has 3 heteroatoms. The zero-order valence-electron chi connectivity index (χ0n) is 8.51. The summed E-state index contributed by atoms with van der Waals surface area (Å²) in [7, 11) is 0. The number of ether oxygens (including phenoxy) is 1. The van der Waals surface area contributed by atoms with Crippen LogP contribution in [0.25, 0.3) is 0 Å². The van der Waals surface area contributed by atoms with Crippen molar-refractivity contribution in [3.8, 4) is 5.75 Å². The van der Waals surface area contributed by atoms with Crippen molar-refractivity contribution in [1.82, 2.24) is 0 Å². The highest BCUT2D eigenvalue weighted by Gasteiger charge is 2.20. The van der Waals surface area contributed by atoms with Gasteiger partial charge in [0.25, 0.3) is 0 Å². The molecule has 0 heterocycles. The Morgan fingerprint density at radius 3 is 2.80 bits per heavy atom. The van der Waals surface area contributed by atoms with Crippen LogP contribution in [0.15, 0.2) is 18.2 Å². The molecule has 0 saturated heterocycles. The van der Waals surface area contributed by atoms with Crippen LogP contribution < -0.4 is 4.74 Å². The molecule has 1 nitrogen and oxygen atoms in total. The van der Waals surface area contributed by atoms with Crippen LogP contribution in [0.1, 0.15) is 24.8 Å². The van der Waals surface area contributed by atoms with E-state index in [0.29, 0.717) is 5.02 Å². The van der Waals surface area contributed by atoms with E-state index < -0.39 is 0 Å².